The predicted octanol–water partition coefficient (Wildman–Crippen LogP) is 4.35. The maximum absolute atomic E-state index is 12.9. The maximum Gasteiger partial charge on any atom is 0.228 e. The number of carbonyl (C=O) groups is 2. The van der Waals surface area contributed by atoms with Crippen molar-refractivity contribution in [2.24, 2.45) is 11.8 Å². The third-order valence-corrected chi connectivity index (χ3v) is 4.87. The Morgan fingerprint density at radius 3 is 2.50 bits per heavy atom. The Kier molecular flexibility index (Phi) is 5.62. The molecule has 136 valence electrons. The monoisotopic (exact) mass is 370 g/mol. The topological polar surface area (TPSA) is 49.4 Å². The molecule has 0 aliphatic heterocycles. The van der Waals surface area contributed by atoms with Gasteiger partial charge in [-0.25, -0.2) is 0 Å². The van der Waals surface area contributed by atoms with Crippen LogP contribution in [0, 0.1) is 11.8 Å². The Balaban J connectivity index is 1.61. The normalized spacial score (nSPS) is 18.5. The molecule has 1 aliphatic carbocycles. The van der Waals surface area contributed by atoms with Crippen molar-refractivity contribution in [3.05, 3.63) is 65.2 Å². The first kappa shape index (κ1) is 18.5. The van der Waals surface area contributed by atoms with Gasteiger partial charge in [0.05, 0.1) is 11.8 Å². The van der Waals surface area contributed by atoms with Crippen LogP contribution in [-0.2, 0) is 16.1 Å². The summed E-state index contributed by atoms with van der Waals surface area (Å²) in [5.41, 5.74) is 1.75. The van der Waals surface area contributed by atoms with Crippen molar-refractivity contribution in [1.29, 1.82) is 0 Å². The number of nitrogens with one attached hydrogen (secondary N) is 1. The molecule has 2 unspecified atom stereocenters. The van der Waals surface area contributed by atoms with E-state index in [1.54, 1.807) is 24.3 Å². The molecule has 1 fully saturated rings. The first-order valence-electron chi connectivity index (χ1n) is 8.86. The van der Waals surface area contributed by atoms with Gasteiger partial charge in [-0.15, -0.1) is 0 Å². The Labute approximate surface area is 159 Å². The third kappa shape index (κ3) is 4.44. The van der Waals surface area contributed by atoms with E-state index < -0.39 is 0 Å². The highest BCUT2D eigenvalue weighted by atomic mass is 35.5. The summed E-state index contributed by atoms with van der Waals surface area (Å²) >= 11 is 5.94. The van der Waals surface area contributed by atoms with Crippen LogP contribution in [0.15, 0.2) is 54.6 Å². The number of hydrogen-bond acceptors (Lipinski definition) is 2. The van der Waals surface area contributed by atoms with Gasteiger partial charge in [-0.1, -0.05) is 48.0 Å². The highest BCUT2D eigenvalue weighted by Gasteiger charge is 2.49. The minimum Gasteiger partial charge on any atom is -0.336 e. The molecule has 2 aromatic carbocycles. The van der Waals surface area contributed by atoms with E-state index in [-0.39, 0.29) is 29.7 Å². The molecule has 1 aliphatic rings. The minimum atomic E-state index is -0.265. The van der Waals surface area contributed by atoms with Crippen LogP contribution in [0.1, 0.15) is 25.8 Å². The molecule has 1 N–H and O–H groups in total. The number of rotatable bonds is 6. The average molecular weight is 371 g/mol. The second kappa shape index (κ2) is 7.92. The van der Waals surface area contributed by atoms with Gasteiger partial charge in [0, 0.05) is 23.3 Å². The van der Waals surface area contributed by atoms with Gasteiger partial charge in [0.15, 0.2) is 0 Å². The second-order valence-electron chi connectivity index (χ2n) is 6.99. The maximum atomic E-state index is 12.9. The standard InChI is InChI=1S/C21H23ClN2O2/c1-14(2)24(13-15-7-4-3-5-8-15)21(26)19-12-18(19)20(25)23-17-10-6-9-16(22)11-17/h3-11,14,18-19H,12-13H2,1-2H3,(H,23,25). The van der Waals surface area contributed by atoms with Gasteiger partial charge in [-0.2, -0.15) is 0 Å². The lowest BCUT2D eigenvalue weighted by molar-refractivity contribution is -0.136. The summed E-state index contributed by atoms with van der Waals surface area (Å²) in [5.74, 6) is -0.567. The van der Waals surface area contributed by atoms with Gasteiger partial charge in [0.2, 0.25) is 11.8 Å². The minimum absolute atomic E-state index is 0.0510. The fourth-order valence-electron chi connectivity index (χ4n) is 3.07. The smallest absolute Gasteiger partial charge is 0.228 e. The Hall–Kier alpha value is -2.33. The van der Waals surface area contributed by atoms with Gasteiger partial charge in [-0.05, 0) is 44.0 Å². The molecule has 4 nitrogen and oxygen atoms in total. The SMILES string of the molecule is CC(C)N(Cc1ccccc1)C(=O)C1CC1C(=O)Nc1cccc(Cl)c1. The van der Waals surface area contributed by atoms with Gasteiger partial charge in [0.25, 0.3) is 0 Å². The summed E-state index contributed by atoms with van der Waals surface area (Å²) in [4.78, 5) is 27.2. The molecule has 3 rings (SSSR count). The van der Waals surface area contributed by atoms with Crippen molar-refractivity contribution >= 4 is 29.1 Å². The average Bonchev–Trinajstić information content (AvgIpc) is 3.41. The summed E-state index contributed by atoms with van der Waals surface area (Å²) in [7, 11) is 0. The molecular formula is C21H23ClN2O2. The van der Waals surface area contributed by atoms with E-state index in [1.165, 1.54) is 0 Å². The lowest BCUT2D eigenvalue weighted by Gasteiger charge is -2.27. The summed E-state index contributed by atoms with van der Waals surface area (Å²) in [5, 5.41) is 3.42. The fourth-order valence-corrected chi connectivity index (χ4v) is 3.26. The Bertz CT molecular complexity index is 792. The van der Waals surface area contributed by atoms with E-state index in [0.29, 0.717) is 23.7 Å². The van der Waals surface area contributed by atoms with E-state index in [0.717, 1.165) is 5.56 Å². The van der Waals surface area contributed by atoms with Crippen LogP contribution in [-0.4, -0.2) is 22.8 Å². The van der Waals surface area contributed by atoms with E-state index >= 15 is 0 Å². The molecule has 0 bridgehead atoms. The van der Waals surface area contributed by atoms with E-state index in [9.17, 15) is 9.59 Å². The Morgan fingerprint density at radius 2 is 1.85 bits per heavy atom. The van der Waals surface area contributed by atoms with Crippen LogP contribution in [0.3, 0.4) is 0 Å². The molecule has 0 heterocycles. The second-order valence-corrected chi connectivity index (χ2v) is 7.43. The van der Waals surface area contributed by atoms with Gasteiger partial charge in [-0.3, -0.25) is 9.59 Å². The molecule has 2 amide bonds. The van der Waals surface area contributed by atoms with Crippen molar-refractivity contribution in [2.45, 2.75) is 32.9 Å². The van der Waals surface area contributed by atoms with E-state index in [1.807, 2.05) is 49.1 Å². The molecule has 0 spiro atoms. The quantitative estimate of drug-likeness (QED) is 0.821. The van der Waals surface area contributed by atoms with E-state index in [2.05, 4.69) is 5.32 Å². The van der Waals surface area contributed by atoms with Crippen molar-refractivity contribution in [3.63, 3.8) is 0 Å². The summed E-state index contributed by atoms with van der Waals surface area (Å²) in [6.45, 7) is 4.57. The molecule has 0 radical (unpaired) electrons. The van der Waals surface area contributed by atoms with Crippen LogP contribution in [0.2, 0.25) is 5.02 Å². The molecule has 0 aromatic heterocycles. The van der Waals surface area contributed by atoms with Crippen molar-refractivity contribution in [1.82, 2.24) is 4.90 Å². The number of halogens is 1. The molecule has 2 aromatic rings. The summed E-state index contributed by atoms with van der Waals surface area (Å²) in [6, 6.07) is 17.0. The summed E-state index contributed by atoms with van der Waals surface area (Å²) < 4.78 is 0. The fraction of sp³-hybridized carbons (Fsp3) is 0.333. The number of amides is 2. The number of benzene rings is 2. The molecule has 0 saturated heterocycles. The van der Waals surface area contributed by atoms with Gasteiger partial charge in [0.1, 0.15) is 0 Å². The third-order valence-electron chi connectivity index (χ3n) is 4.64. The van der Waals surface area contributed by atoms with Crippen LogP contribution in [0.25, 0.3) is 0 Å². The van der Waals surface area contributed by atoms with E-state index in [4.69, 9.17) is 11.6 Å². The van der Waals surface area contributed by atoms with Crippen LogP contribution >= 0.6 is 11.6 Å². The molecule has 5 heteroatoms. The zero-order chi connectivity index (χ0) is 18.7. The van der Waals surface area contributed by atoms with Crippen molar-refractivity contribution in [3.8, 4) is 0 Å². The molecule has 26 heavy (non-hydrogen) atoms. The number of hydrogen-bond donors (Lipinski definition) is 1. The first-order chi connectivity index (χ1) is 12.5. The lowest BCUT2D eigenvalue weighted by atomic mass is 10.1. The van der Waals surface area contributed by atoms with Crippen LogP contribution in [0.5, 0.6) is 0 Å². The van der Waals surface area contributed by atoms with Gasteiger partial charge >= 0.3 is 0 Å². The number of carbonyl (C=O) groups excluding carboxylic acids is 2. The van der Waals surface area contributed by atoms with Crippen molar-refractivity contribution < 1.29 is 9.59 Å². The van der Waals surface area contributed by atoms with Crippen molar-refractivity contribution in [2.75, 3.05) is 5.32 Å². The zero-order valence-electron chi connectivity index (χ0n) is 15.0. The molecule has 1 saturated carbocycles. The van der Waals surface area contributed by atoms with Gasteiger partial charge < -0.3 is 10.2 Å². The zero-order valence-corrected chi connectivity index (χ0v) is 15.7. The Morgan fingerprint density at radius 1 is 1.12 bits per heavy atom. The number of anilines is 1. The first-order valence-corrected chi connectivity index (χ1v) is 9.24. The highest BCUT2D eigenvalue weighted by Crippen LogP contribution is 2.41. The summed E-state index contributed by atoms with van der Waals surface area (Å²) in [6.07, 6.45) is 0.600. The number of nitrogens with zero attached hydrogens (tertiary/aromatic N) is 1. The molecular weight excluding hydrogens is 348 g/mol. The predicted molar refractivity (Wildman–Crippen MR) is 104 cm³/mol. The highest BCUT2D eigenvalue weighted by molar-refractivity contribution is 6.30. The largest absolute Gasteiger partial charge is 0.336 e. The van der Waals surface area contributed by atoms with Crippen LogP contribution in [0.4, 0.5) is 5.69 Å². The molecule has 2 atom stereocenters. The lowest BCUT2D eigenvalue weighted by Crippen LogP contribution is -2.38. The van der Waals surface area contributed by atoms with Crippen LogP contribution < -0.4 is 5.32 Å².